The lowest BCUT2D eigenvalue weighted by Gasteiger charge is -2.09. The van der Waals surface area contributed by atoms with Gasteiger partial charge in [-0.2, -0.15) is 10.4 Å². The van der Waals surface area contributed by atoms with Crippen molar-refractivity contribution in [2.75, 3.05) is 17.9 Å². The molecule has 2 N–H and O–H groups in total. The Balaban J connectivity index is 2.12. The lowest BCUT2D eigenvalue weighted by atomic mass is 10.2. The highest BCUT2D eigenvalue weighted by molar-refractivity contribution is 6.49. The first-order chi connectivity index (χ1) is 11.5. The number of hydrogen-bond acceptors (Lipinski definition) is 5. The van der Waals surface area contributed by atoms with Crippen LogP contribution in [-0.2, 0) is 4.79 Å². The van der Waals surface area contributed by atoms with Crippen molar-refractivity contribution in [2.24, 2.45) is 5.10 Å². The second-order valence-corrected chi connectivity index (χ2v) is 5.21. The predicted molar refractivity (Wildman–Crippen MR) is 94.5 cm³/mol. The minimum absolute atomic E-state index is 0.315. The Morgan fingerprint density at radius 2 is 1.96 bits per heavy atom. The standard InChI is InChI=1S/C17H15ClN4O2/c1-11-4-3-5-14(18)16(11)20-17(23)15(10-19)22-21-12-6-8-13(24-2)9-7-12/h3-9,21H,1-2H3,(H,20,23)/b22-15+. The van der Waals surface area contributed by atoms with E-state index in [1.807, 2.05) is 0 Å². The van der Waals surface area contributed by atoms with Gasteiger partial charge in [-0.15, -0.1) is 0 Å². The van der Waals surface area contributed by atoms with Gasteiger partial charge in [0.15, 0.2) is 0 Å². The van der Waals surface area contributed by atoms with Gasteiger partial charge in [-0.3, -0.25) is 10.2 Å². The number of hydrazone groups is 1. The molecule has 122 valence electrons. The van der Waals surface area contributed by atoms with Crippen LogP contribution < -0.4 is 15.5 Å². The summed E-state index contributed by atoms with van der Waals surface area (Å²) in [6, 6.07) is 13.9. The molecule has 2 rings (SSSR count). The van der Waals surface area contributed by atoms with E-state index in [0.29, 0.717) is 22.1 Å². The number of methoxy groups -OCH3 is 1. The average Bonchev–Trinajstić information content (AvgIpc) is 2.59. The summed E-state index contributed by atoms with van der Waals surface area (Å²) in [5.41, 5.74) is 4.20. The summed E-state index contributed by atoms with van der Waals surface area (Å²) >= 11 is 6.06. The van der Waals surface area contributed by atoms with Crippen molar-refractivity contribution in [3.63, 3.8) is 0 Å². The summed E-state index contributed by atoms with van der Waals surface area (Å²) in [6.07, 6.45) is 0. The molecule has 0 spiro atoms. The number of hydrogen-bond donors (Lipinski definition) is 2. The fraction of sp³-hybridized carbons (Fsp3) is 0.118. The number of amides is 1. The summed E-state index contributed by atoms with van der Waals surface area (Å²) in [5, 5.41) is 16.0. The fourth-order valence-corrected chi connectivity index (χ4v) is 2.14. The number of benzene rings is 2. The van der Waals surface area contributed by atoms with Crippen molar-refractivity contribution >= 4 is 34.6 Å². The number of nitrogens with zero attached hydrogens (tertiary/aromatic N) is 2. The number of rotatable bonds is 5. The third-order valence-electron chi connectivity index (χ3n) is 3.17. The number of nitriles is 1. The number of para-hydroxylation sites is 1. The van der Waals surface area contributed by atoms with E-state index in [-0.39, 0.29) is 5.71 Å². The van der Waals surface area contributed by atoms with Crippen molar-refractivity contribution in [3.05, 3.63) is 53.1 Å². The van der Waals surface area contributed by atoms with Crippen molar-refractivity contribution in [3.8, 4) is 11.8 Å². The Morgan fingerprint density at radius 3 is 2.54 bits per heavy atom. The fourth-order valence-electron chi connectivity index (χ4n) is 1.88. The van der Waals surface area contributed by atoms with Crippen LogP contribution in [0.25, 0.3) is 0 Å². The van der Waals surface area contributed by atoms with Gasteiger partial charge >= 0.3 is 0 Å². The van der Waals surface area contributed by atoms with Gasteiger partial charge in [-0.05, 0) is 42.8 Å². The molecule has 0 bridgehead atoms. The van der Waals surface area contributed by atoms with Gasteiger partial charge in [-0.25, -0.2) is 0 Å². The maximum atomic E-state index is 12.2. The second kappa shape index (κ2) is 7.99. The highest BCUT2D eigenvalue weighted by Crippen LogP contribution is 2.25. The Bertz CT molecular complexity index is 790. The number of carbonyl (C=O) groups is 1. The molecule has 0 aliphatic rings. The van der Waals surface area contributed by atoms with E-state index in [0.717, 1.165) is 5.56 Å². The summed E-state index contributed by atoms with van der Waals surface area (Å²) in [6.45, 7) is 1.81. The molecule has 0 saturated carbocycles. The smallest absolute Gasteiger partial charge is 0.287 e. The molecule has 0 aromatic heterocycles. The maximum Gasteiger partial charge on any atom is 0.287 e. The SMILES string of the molecule is COc1ccc(N/N=C(\C#N)C(=O)Nc2c(C)cccc2Cl)cc1. The second-order valence-electron chi connectivity index (χ2n) is 4.80. The maximum absolute atomic E-state index is 12.2. The Morgan fingerprint density at radius 1 is 1.25 bits per heavy atom. The molecule has 6 nitrogen and oxygen atoms in total. The van der Waals surface area contributed by atoms with Gasteiger partial charge in [0.1, 0.15) is 11.8 Å². The summed E-state index contributed by atoms with van der Waals surface area (Å²) in [4.78, 5) is 12.2. The third-order valence-corrected chi connectivity index (χ3v) is 3.48. The van der Waals surface area contributed by atoms with E-state index in [1.54, 1.807) is 62.6 Å². The lowest BCUT2D eigenvalue weighted by Crippen LogP contribution is -2.23. The molecule has 0 unspecified atom stereocenters. The van der Waals surface area contributed by atoms with E-state index in [1.165, 1.54) is 0 Å². The first-order valence-corrected chi connectivity index (χ1v) is 7.37. The molecule has 0 fully saturated rings. The number of anilines is 2. The number of nitrogens with one attached hydrogen (secondary N) is 2. The Labute approximate surface area is 144 Å². The molecule has 1 amide bonds. The first-order valence-electron chi connectivity index (χ1n) is 6.99. The molecule has 0 atom stereocenters. The van der Waals surface area contributed by atoms with Crippen LogP contribution in [0.15, 0.2) is 47.6 Å². The number of ether oxygens (including phenoxy) is 1. The van der Waals surface area contributed by atoms with Gasteiger partial charge in [-0.1, -0.05) is 23.7 Å². The number of halogens is 1. The van der Waals surface area contributed by atoms with Crippen LogP contribution in [0.3, 0.4) is 0 Å². The zero-order valence-corrected chi connectivity index (χ0v) is 13.9. The Kier molecular flexibility index (Phi) is 5.77. The van der Waals surface area contributed by atoms with Gasteiger partial charge in [0.2, 0.25) is 5.71 Å². The normalized spacial score (nSPS) is 10.7. The van der Waals surface area contributed by atoms with Gasteiger partial charge in [0.05, 0.1) is 23.5 Å². The molecule has 24 heavy (non-hydrogen) atoms. The molecule has 2 aromatic rings. The molecule has 2 aromatic carbocycles. The first kappa shape index (κ1) is 17.3. The van der Waals surface area contributed by atoms with Gasteiger partial charge in [0.25, 0.3) is 5.91 Å². The number of aryl methyl sites for hydroxylation is 1. The molecule has 0 saturated heterocycles. The topological polar surface area (TPSA) is 86.5 Å². The minimum Gasteiger partial charge on any atom is -0.497 e. The van der Waals surface area contributed by atoms with E-state index < -0.39 is 5.91 Å². The van der Waals surface area contributed by atoms with Crippen LogP contribution in [0.5, 0.6) is 5.75 Å². The zero-order chi connectivity index (χ0) is 17.5. The molecule has 7 heteroatoms. The highest BCUT2D eigenvalue weighted by Gasteiger charge is 2.14. The van der Waals surface area contributed by atoms with E-state index in [2.05, 4.69) is 15.8 Å². The van der Waals surface area contributed by atoms with Crippen LogP contribution in [0.2, 0.25) is 5.02 Å². The highest BCUT2D eigenvalue weighted by atomic mass is 35.5. The Hall–Kier alpha value is -3.04. The monoisotopic (exact) mass is 342 g/mol. The van der Waals surface area contributed by atoms with E-state index >= 15 is 0 Å². The van der Waals surface area contributed by atoms with E-state index in [9.17, 15) is 4.79 Å². The van der Waals surface area contributed by atoms with Crippen LogP contribution in [0.4, 0.5) is 11.4 Å². The van der Waals surface area contributed by atoms with Gasteiger partial charge in [0, 0.05) is 0 Å². The molecule has 0 heterocycles. The summed E-state index contributed by atoms with van der Waals surface area (Å²) < 4.78 is 5.05. The predicted octanol–water partition coefficient (Wildman–Crippen LogP) is 3.59. The van der Waals surface area contributed by atoms with Crippen molar-refractivity contribution in [1.29, 1.82) is 5.26 Å². The minimum atomic E-state index is -0.644. The van der Waals surface area contributed by atoms with Crippen molar-refractivity contribution in [2.45, 2.75) is 6.92 Å². The van der Waals surface area contributed by atoms with E-state index in [4.69, 9.17) is 21.6 Å². The van der Waals surface area contributed by atoms with Crippen LogP contribution >= 0.6 is 11.6 Å². The lowest BCUT2D eigenvalue weighted by molar-refractivity contribution is -0.110. The third kappa shape index (κ3) is 4.24. The van der Waals surface area contributed by atoms with Gasteiger partial charge < -0.3 is 10.1 Å². The largest absolute Gasteiger partial charge is 0.497 e. The molecular formula is C17H15ClN4O2. The van der Waals surface area contributed by atoms with Crippen LogP contribution in [0, 0.1) is 18.3 Å². The molecule has 0 aliphatic heterocycles. The number of carbonyl (C=O) groups excluding carboxylic acids is 1. The quantitative estimate of drug-likeness (QED) is 0.642. The summed E-state index contributed by atoms with van der Waals surface area (Å²) in [5.74, 6) is 0.0479. The molecule has 0 aliphatic carbocycles. The van der Waals surface area contributed by atoms with Crippen LogP contribution in [-0.4, -0.2) is 18.7 Å². The van der Waals surface area contributed by atoms with Crippen LogP contribution in [0.1, 0.15) is 5.56 Å². The average molecular weight is 343 g/mol. The summed E-state index contributed by atoms with van der Waals surface area (Å²) in [7, 11) is 1.56. The zero-order valence-electron chi connectivity index (χ0n) is 13.1. The van der Waals surface area contributed by atoms with Crippen molar-refractivity contribution < 1.29 is 9.53 Å². The molecular weight excluding hydrogens is 328 g/mol. The molecule has 0 radical (unpaired) electrons. The van der Waals surface area contributed by atoms with Crippen molar-refractivity contribution in [1.82, 2.24) is 0 Å².